The van der Waals surface area contributed by atoms with E-state index in [1.807, 2.05) is 0 Å². The molecule has 2 saturated carbocycles. The molecule has 0 aromatic heterocycles. The van der Waals surface area contributed by atoms with Crippen molar-refractivity contribution in [3.63, 3.8) is 0 Å². The van der Waals surface area contributed by atoms with Gasteiger partial charge in [0.25, 0.3) is 0 Å². The largest absolute Gasteiger partial charge is 0.481 e. The van der Waals surface area contributed by atoms with Crippen molar-refractivity contribution in [1.29, 1.82) is 0 Å². The molecule has 5 aliphatic rings. The van der Waals surface area contributed by atoms with Gasteiger partial charge in [-0.05, 0) is 56.8 Å². The molecule has 7 atom stereocenters. The van der Waals surface area contributed by atoms with Crippen molar-refractivity contribution in [3.8, 4) is 0 Å². The van der Waals surface area contributed by atoms with E-state index in [1.54, 1.807) is 34.6 Å². The van der Waals surface area contributed by atoms with E-state index in [2.05, 4.69) is 25.2 Å². The molecule has 1 saturated heterocycles. The van der Waals surface area contributed by atoms with Crippen LogP contribution >= 0.6 is 0 Å². The molecule has 0 aromatic carbocycles. The Morgan fingerprint density at radius 3 is 2.31 bits per heavy atom. The number of amides is 1. The molecule has 11 heteroatoms. The van der Waals surface area contributed by atoms with Crippen molar-refractivity contribution in [2.75, 3.05) is 13.2 Å². The van der Waals surface area contributed by atoms with Crippen LogP contribution in [0.4, 0.5) is 0 Å². The van der Waals surface area contributed by atoms with E-state index in [-0.39, 0.29) is 50.1 Å². The van der Waals surface area contributed by atoms with Gasteiger partial charge in [-0.25, -0.2) is 14.4 Å². The van der Waals surface area contributed by atoms with Gasteiger partial charge in [-0.15, -0.1) is 0 Å². The van der Waals surface area contributed by atoms with Crippen LogP contribution in [0.3, 0.4) is 0 Å². The van der Waals surface area contributed by atoms with Crippen molar-refractivity contribution < 1.29 is 48.0 Å². The van der Waals surface area contributed by atoms with E-state index in [1.165, 1.54) is 29.9 Å². The monoisotopic (exact) mass is 683 g/mol. The maximum Gasteiger partial charge on any atom is 0.331 e. The Kier molecular flexibility index (Phi) is 10.0. The zero-order valence-corrected chi connectivity index (χ0v) is 30.0. The summed E-state index contributed by atoms with van der Waals surface area (Å²) in [4.78, 5) is 65.0. The van der Waals surface area contributed by atoms with Gasteiger partial charge in [-0.2, -0.15) is 0 Å². The SMILES string of the molecule is CC1=C[C@H]2O[C@@H]3C[C@H]4OC(=O)/C=C\C=C\C(=O)OCC[C@@H](C)[C@@H](NC(=O)C(C)(C)CC(C)(C)CC(=O)O)C(=O)OC[C@@]2(CC1)[C@]4(C)C31CC1. The van der Waals surface area contributed by atoms with Gasteiger partial charge < -0.3 is 29.4 Å². The normalized spacial score (nSPS) is 36.1. The molecule has 2 N–H and O–H groups in total. The highest BCUT2D eigenvalue weighted by Gasteiger charge is 2.81. The Morgan fingerprint density at radius 1 is 0.980 bits per heavy atom. The second kappa shape index (κ2) is 13.3. The molecule has 0 unspecified atom stereocenters. The van der Waals surface area contributed by atoms with Crippen LogP contribution < -0.4 is 5.32 Å². The lowest BCUT2D eigenvalue weighted by atomic mass is 9.50. The number of rotatable bonds is 6. The second-order valence-corrected chi connectivity index (χ2v) is 16.7. The first-order chi connectivity index (χ1) is 22.9. The van der Waals surface area contributed by atoms with Gasteiger partial charge in [0.2, 0.25) is 5.91 Å². The van der Waals surface area contributed by atoms with Crippen molar-refractivity contribution in [3.05, 3.63) is 36.0 Å². The third-order valence-electron chi connectivity index (χ3n) is 12.2. The summed E-state index contributed by atoms with van der Waals surface area (Å²) in [5, 5.41) is 12.3. The average molecular weight is 684 g/mol. The highest BCUT2D eigenvalue weighted by atomic mass is 16.6. The lowest BCUT2D eigenvalue weighted by molar-refractivity contribution is -0.237. The van der Waals surface area contributed by atoms with Gasteiger partial charge >= 0.3 is 23.9 Å². The summed E-state index contributed by atoms with van der Waals surface area (Å²) in [5.41, 5.74) is -1.93. The molecule has 2 heterocycles. The number of cyclic esters (lactones) is 2. The molecule has 2 aliphatic heterocycles. The Balaban J connectivity index is 1.48. The summed E-state index contributed by atoms with van der Waals surface area (Å²) >= 11 is 0. The summed E-state index contributed by atoms with van der Waals surface area (Å²) in [6.07, 6.45) is 10.9. The molecule has 0 radical (unpaired) electrons. The number of carboxylic acid groups (broad SMARTS) is 1. The lowest BCUT2D eigenvalue weighted by Crippen LogP contribution is -2.64. The van der Waals surface area contributed by atoms with Crippen molar-refractivity contribution in [2.24, 2.45) is 33.0 Å². The minimum Gasteiger partial charge on any atom is -0.481 e. The number of allylic oxidation sites excluding steroid dienone is 3. The molecule has 0 aromatic rings. The fourth-order valence-electron chi connectivity index (χ4n) is 9.54. The Hall–Kier alpha value is -3.47. The predicted molar refractivity (Wildman–Crippen MR) is 179 cm³/mol. The Morgan fingerprint density at radius 2 is 1.65 bits per heavy atom. The van der Waals surface area contributed by atoms with Crippen molar-refractivity contribution >= 4 is 29.8 Å². The van der Waals surface area contributed by atoms with E-state index in [9.17, 15) is 29.1 Å². The van der Waals surface area contributed by atoms with Crippen LogP contribution in [-0.2, 0) is 42.9 Å². The molecule has 11 nitrogen and oxygen atoms in total. The molecule has 270 valence electrons. The van der Waals surface area contributed by atoms with Crippen LogP contribution in [0.2, 0.25) is 0 Å². The van der Waals surface area contributed by atoms with Crippen LogP contribution in [0.25, 0.3) is 0 Å². The molecular weight excluding hydrogens is 630 g/mol. The minimum absolute atomic E-state index is 0.0149. The molecule has 2 bridgehead atoms. The molecule has 2 spiro atoms. The Bertz CT molecular complexity index is 1450. The number of carbonyl (C=O) groups excluding carboxylic acids is 4. The lowest BCUT2D eigenvalue weighted by Gasteiger charge is -2.60. The number of ether oxygens (including phenoxy) is 4. The molecular formula is C38H53NO10. The third kappa shape index (κ3) is 6.97. The first kappa shape index (κ1) is 36.8. The van der Waals surface area contributed by atoms with E-state index >= 15 is 0 Å². The number of aliphatic carboxylic acids is 1. The van der Waals surface area contributed by atoms with Gasteiger partial charge in [0.05, 0.1) is 25.2 Å². The van der Waals surface area contributed by atoms with E-state index in [0.29, 0.717) is 12.8 Å². The first-order valence-corrected chi connectivity index (χ1v) is 17.6. The van der Waals surface area contributed by atoms with Gasteiger partial charge in [-0.3, -0.25) is 9.59 Å². The van der Waals surface area contributed by atoms with Crippen LogP contribution in [0.15, 0.2) is 36.0 Å². The van der Waals surface area contributed by atoms with Crippen LogP contribution in [0.5, 0.6) is 0 Å². The predicted octanol–water partition coefficient (Wildman–Crippen LogP) is 5.22. The summed E-state index contributed by atoms with van der Waals surface area (Å²) in [5.74, 6) is -3.59. The molecule has 49 heavy (non-hydrogen) atoms. The summed E-state index contributed by atoms with van der Waals surface area (Å²) in [6, 6.07) is -1.07. The molecule has 5 rings (SSSR count). The van der Waals surface area contributed by atoms with E-state index in [4.69, 9.17) is 18.9 Å². The van der Waals surface area contributed by atoms with E-state index in [0.717, 1.165) is 19.3 Å². The highest BCUT2D eigenvalue weighted by Crippen LogP contribution is 2.79. The molecule has 3 aliphatic carbocycles. The Labute approximate surface area is 289 Å². The first-order valence-electron chi connectivity index (χ1n) is 17.6. The third-order valence-corrected chi connectivity index (χ3v) is 12.2. The second-order valence-electron chi connectivity index (χ2n) is 16.7. The summed E-state index contributed by atoms with van der Waals surface area (Å²) in [7, 11) is 0. The summed E-state index contributed by atoms with van der Waals surface area (Å²) < 4.78 is 24.7. The summed E-state index contributed by atoms with van der Waals surface area (Å²) in [6.45, 7) is 13.1. The van der Waals surface area contributed by atoms with Gasteiger partial charge in [0, 0.05) is 40.2 Å². The van der Waals surface area contributed by atoms with Crippen molar-refractivity contribution in [1.82, 2.24) is 5.32 Å². The maximum atomic E-state index is 14.2. The maximum absolute atomic E-state index is 14.2. The number of carboxylic acids is 1. The standard InChI is InChI=1S/C38H53NO10/c1-23-12-14-38-22-47-32(44)31(39-33(45)35(5,6)21-34(3,4)20-28(40)41)24(2)13-17-46-29(42)10-8-9-11-30(43)49-25-19-27(48-26(38)18-23)37(15-16-37)36(25,38)7/h8-11,18,24-27,31H,12-17,19-22H2,1-7H3,(H,39,45)(H,40,41)/b10-8+,11-9-/t24-,25-,26-,27-,31-,36+,38-/m1/s1. The minimum atomic E-state index is -1.07. The topological polar surface area (TPSA) is 155 Å². The zero-order valence-electron chi connectivity index (χ0n) is 30.0. The van der Waals surface area contributed by atoms with Crippen molar-refractivity contribution in [2.45, 2.75) is 124 Å². The molecule has 1 amide bonds. The highest BCUT2D eigenvalue weighted by molar-refractivity contribution is 5.88. The van der Waals surface area contributed by atoms with Crippen LogP contribution in [-0.4, -0.2) is 72.5 Å². The fraction of sp³-hybridized carbons (Fsp3) is 0.711. The number of nitrogens with one attached hydrogen (secondary N) is 1. The molecule has 3 fully saturated rings. The van der Waals surface area contributed by atoms with Crippen LogP contribution in [0.1, 0.15) is 99.8 Å². The number of esters is 3. The van der Waals surface area contributed by atoms with Crippen LogP contribution in [0, 0.1) is 33.0 Å². The number of carbonyl (C=O) groups is 5. The number of hydrogen-bond donors (Lipinski definition) is 2. The fourth-order valence-corrected chi connectivity index (χ4v) is 9.54. The number of hydrogen-bond acceptors (Lipinski definition) is 9. The quantitative estimate of drug-likeness (QED) is 0.216. The van der Waals surface area contributed by atoms with E-state index < -0.39 is 69.5 Å². The van der Waals surface area contributed by atoms with Gasteiger partial charge in [0.15, 0.2) is 0 Å². The smallest absolute Gasteiger partial charge is 0.331 e. The average Bonchev–Trinajstić information content (AvgIpc) is 3.77. The van der Waals surface area contributed by atoms with Gasteiger partial charge in [0.1, 0.15) is 18.8 Å². The van der Waals surface area contributed by atoms with Gasteiger partial charge in [-0.1, -0.05) is 65.3 Å². The zero-order chi connectivity index (χ0) is 36.0.